The molecule has 0 spiro atoms. The molecule has 0 fully saturated rings. The fourth-order valence-electron chi connectivity index (χ4n) is 0.734. The molecule has 0 amide bonds. The second-order valence-corrected chi connectivity index (χ2v) is 4.20. The van der Waals surface area contributed by atoms with Gasteiger partial charge in [-0.3, -0.25) is 0 Å². The van der Waals surface area contributed by atoms with Crippen LogP contribution in [0.1, 0.15) is 13.8 Å². The summed E-state index contributed by atoms with van der Waals surface area (Å²) in [6, 6.07) is 0. The predicted octanol–water partition coefficient (Wildman–Crippen LogP) is 1.67. The Morgan fingerprint density at radius 1 is 1.60 bits per heavy atom. The lowest BCUT2D eigenvalue weighted by Crippen LogP contribution is -2.23. The minimum atomic E-state index is 0.496. The van der Waals surface area contributed by atoms with Gasteiger partial charge in [-0.2, -0.15) is 0 Å². The fourth-order valence-corrected chi connectivity index (χ4v) is 1.17. The molecular weight excluding hydrogens is 237 g/mol. The molecule has 1 nitrogen and oxygen atoms in total. The number of hydrogen-bond acceptors (Lipinski definition) is 1. The third-order valence-corrected chi connectivity index (χ3v) is 2.18. The maximum absolute atomic E-state index is 3.16. The van der Waals surface area contributed by atoms with Gasteiger partial charge in [0.1, 0.15) is 0 Å². The largest absolute Gasteiger partial charge is 0.318 e. The number of nitrogens with one attached hydrogen (secondary N) is 1. The predicted molar refractivity (Wildman–Crippen MR) is 54.3 cm³/mol. The van der Waals surface area contributed by atoms with Gasteiger partial charge in [0.2, 0.25) is 0 Å². The molecule has 1 N–H and O–H groups in total. The van der Waals surface area contributed by atoms with E-state index in [1.807, 2.05) is 14.0 Å². The van der Waals surface area contributed by atoms with Gasteiger partial charge in [-0.05, 0) is 14.0 Å². The van der Waals surface area contributed by atoms with Gasteiger partial charge >= 0.3 is 0 Å². The summed E-state index contributed by atoms with van der Waals surface area (Å²) in [5.74, 6) is 6.60. The molecule has 0 aromatic heterocycles. The highest BCUT2D eigenvalue weighted by Crippen LogP contribution is 2.10. The van der Waals surface area contributed by atoms with Crippen molar-refractivity contribution < 1.29 is 0 Å². The lowest BCUT2D eigenvalue weighted by atomic mass is 10.1. The Bertz CT molecular complexity index is 132. The van der Waals surface area contributed by atoms with Crippen molar-refractivity contribution in [3.63, 3.8) is 0 Å². The first-order valence-corrected chi connectivity index (χ1v) is 4.68. The van der Waals surface area contributed by atoms with Crippen molar-refractivity contribution in [2.45, 2.75) is 17.8 Å². The molecule has 58 valence electrons. The molecule has 2 atom stereocenters. The van der Waals surface area contributed by atoms with E-state index in [1.165, 1.54) is 0 Å². The molecule has 0 aliphatic rings. The van der Waals surface area contributed by atoms with Crippen LogP contribution < -0.4 is 5.32 Å². The fraction of sp³-hybridized carbons (Fsp3) is 0.750. The van der Waals surface area contributed by atoms with E-state index < -0.39 is 0 Å². The lowest BCUT2D eigenvalue weighted by Gasteiger charge is -2.11. The average molecular weight is 251 g/mol. The molecule has 0 aliphatic heterocycles. The molecule has 2 heteroatoms. The van der Waals surface area contributed by atoms with Crippen molar-refractivity contribution in [3.8, 4) is 11.8 Å². The summed E-state index contributed by atoms with van der Waals surface area (Å²) in [7, 11) is 1.96. The first kappa shape index (κ1) is 10.2. The molecule has 0 saturated heterocycles. The molecule has 0 aliphatic carbocycles. The van der Waals surface area contributed by atoms with Crippen LogP contribution in [0.2, 0.25) is 0 Å². The number of rotatable bonds is 3. The molecule has 0 aromatic carbocycles. The molecule has 0 radical (unpaired) electrons. The van der Waals surface area contributed by atoms with Crippen LogP contribution in [0.4, 0.5) is 0 Å². The third-order valence-electron chi connectivity index (χ3n) is 1.31. The van der Waals surface area contributed by atoms with Crippen LogP contribution in [0.25, 0.3) is 0 Å². The maximum atomic E-state index is 3.16. The Balaban J connectivity index is 3.81. The van der Waals surface area contributed by atoms with Gasteiger partial charge in [-0.25, -0.2) is 0 Å². The van der Waals surface area contributed by atoms with Crippen LogP contribution in [0, 0.1) is 17.8 Å². The number of halogens is 1. The smallest absolute Gasteiger partial charge is 0.0442 e. The average Bonchev–Trinajstić information content (AvgIpc) is 1.87. The number of hydrogen-bond donors (Lipinski definition) is 1. The van der Waals surface area contributed by atoms with Gasteiger partial charge < -0.3 is 5.32 Å². The maximum Gasteiger partial charge on any atom is 0.0442 e. The van der Waals surface area contributed by atoms with Crippen molar-refractivity contribution in [1.29, 1.82) is 0 Å². The second kappa shape index (κ2) is 5.99. The van der Waals surface area contributed by atoms with Gasteiger partial charge in [0, 0.05) is 16.4 Å². The second-order valence-electron chi connectivity index (χ2n) is 2.24. The molecule has 0 saturated carbocycles. The van der Waals surface area contributed by atoms with Gasteiger partial charge in [0.25, 0.3) is 0 Å². The summed E-state index contributed by atoms with van der Waals surface area (Å²) >= 11 is 2.41. The van der Waals surface area contributed by atoms with Crippen molar-refractivity contribution in [3.05, 3.63) is 0 Å². The van der Waals surface area contributed by atoms with Crippen LogP contribution in [0.3, 0.4) is 0 Å². The van der Waals surface area contributed by atoms with Crippen LogP contribution in [-0.4, -0.2) is 17.5 Å². The monoisotopic (exact) mass is 251 g/mol. The van der Waals surface area contributed by atoms with E-state index in [0.717, 1.165) is 6.54 Å². The molecule has 0 heterocycles. The Kier molecular flexibility index (Phi) is 6.14. The van der Waals surface area contributed by atoms with Gasteiger partial charge in [-0.15, -0.1) is 5.92 Å². The van der Waals surface area contributed by atoms with Gasteiger partial charge in [0.05, 0.1) is 0 Å². The van der Waals surface area contributed by atoms with E-state index >= 15 is 0 Å². The van der Waals surface area contributed by atoms with Gasteiger partial charge in [0.15, 0.2) is 0 Å². The van der Waals surface area contributed by atoms with Crippen LogP contribution in [-0.2, 0) is 0 Å². The minimum absolute atomic E-state index is 0.496. The molecule has 0 aromatic rings. The minimum Gasteiger partial charge on any atom is -0.318 e. The lowest BCUT2D eigenvalue weighted by molar-refractivity contribution is 0.623. The molecule has 2 unspecified atom stereocenters. The van der Waals surface area contributed by atoms with Crippen LogP contribution in [0.15, 0.2) is 0 Å². The van der Waals surface area contributed by atoms with E-state index in [9.17, 15) is 0 Å². The first-order valence-electron chi connectivity index (χ1n) is 3.43. The van der Waals surface area contributed by atoms with Crippen molar-refractivity contribution >= 4 is 22.6 Å². The Labute approximate surface area is 77.1 Å². The normalized spacial score (nSPS) is 15.2. The molecule has 0 bridgehead atoms. The standard InChI is InChI=1S/C8H14IN/c1-4-5-8(6-10-3)7(2)9/h7-8,10H,6H2,1-3H3. The summed E-state index contributed by atoms with van der Waals surface area (Å²) in [6.45, 7) is 5.07. The van der Waals surface area contributed by atoms with E-state index in [-0.39, 0.29) is 0 Å². The summed E-state index contributed by atoms with van der Waals surface area (Å²) in [4.78, 5) is 0. The van der Waals surface area contributed by atoms with E-state index in [1.54, 1.807) is 0 Å². The Morgan fingerprint density at radius 2 is 2.20 bits per heavy atom. The third kappa shape index (κ3) is 4.13. The molecule has 10 heavy (non-hydrogen) atoms. The summed E-state index contributed by atoms with van der Waals surface area (Å²) in [6.07, 6.45) is 0. The topological polar surface area (TPSA) is 12.0 Å². The Hall–Kier alpha value is 0.250. The zero-order valence-corrected chi connectivity index (χ0v) is 8.90. The van der Waals surface area contributed by atoms with E-state index in [2.05, 4.69) is 46.7 Å². The van der Waals surface area contributed by atoms with E-state index in [0.29, 0.717) is 9.84 Å². The zero-order chi connectivity index (χ0) is 7.98. The highest BCUT2D eigenvalue weighted by molar-refractivity contribution is 14.1. The van der Waals surface area contributed by atoms with E-state index in [4.69, 9.17) is 0 Å². The summed E-state index contributed by atoms with van der Waals surface area (Å²) < 4.78 is 0.623. The van der Waals surface area contributed by atoms with Gasteiger partial charge in [-0.1, -0.05) is 35.4 Å². The van der Waals surface area contributed by atoms with Crippen LogP contribution in [0.5, 0.6) is 0 Å². The van der Waals surface area contributed by atoms with Crippen molar-refractivity contribution in [2.24, 2.45) is 5.92 Å². The Morgan fingerprint density at radius 3 is 2.50 bits per heavy atom. The van der Waals surface area contributed by atoms with Crippen molar-refractivity contribution in [2.75, 3.05) is 13.6 Å². The highest BCUT2D eigenvalue weighted by Gasteiger charge is 2.08. The quantitative estimate of drug-likeness (QED) is 0.457. The number of alkyl halides is 1. The van der Waals surface area contributed by atoms with Crippen molar-refractivity contribution in [1.82, 2.24) is 5.32 Å². The first-order chi connectivity index (χ1) is 4.72. The summed E-state index contributed by atoms with van der Waals surface area (Å²) in [5.41, 5.74) is 0. The molecular formula is C8H14IN. The SMILES string of the molecule is CC#CC(CNC)C(C)I. The van der Waals surface area contributed by atoms with Crippen LogP contribution >= 0.6 is 22.6 Å². The highest BCUT2D eigenvalue weighted by atomic mass is 127. The zero-order valence-electron chi connectivity index (χ0n) is 6.74. The molecule has 0 rings (SSSR count). The summed E-state index contributed by atoms with van der Waals surface area (Å²) in [5, 5.41) is 3.13.